The van der Waals surface area contributed by atoms with Gasteiger partial charge in [0.2, 0.25) is 11.8 Å². The maximum atomic E-state index is 12.6. The monoisotopic (exact) mass is 291 g/mol. The van der Waals surface area contributed by atoms with E-state index in [1.54, 1.807) is 11.1 Å². The third-order valence-electron chi connectivity index (χ3n) is 4.82. The van der Waals surface area contributed by atoms with E-state index in [1.807, 2.05) is 10.3 Å². The van der Waals surface area contributed by atoms with Crippen LogP contribution >= 0.6 is 11.3 Å². The highest BCUT2D eigenvalue weighted by atomic mass is 32.1. The molecule has 0 spiro atoms. The van der Waals surface area contributed by atoms with Crippen LogP contribution in [0.25, 0.3) is 0 Å². The van der Waals surface area contributed by atoms with Gasteiger partial charge in [0.15, 0.2) is 5.13 Å². The second-order valence-electron chi connectivity index (χ2n) is 6.04. The molecular formula is C14H17N3O2S. The summed E-state index contributed by atoms with van der Waals surface area (Å²) in [7, 11) is 0. The van der Waals surface area contributed by atoms with Gasteiger partial charge in [-0.15, -0.1) is 11.3 Å². The van der Waals surface area contributed by atoms with Gasteiger partial charge in [-0.25, -0.2) is 4.98 Å². The molecule has 3 atom stereocenters. The Kier molecular flexibility index (Phi) is 2.80. The van der Waals surface area contributed by atoms with E-state index in [2.05, 4.69) is 4.98 Å². The number of hydrogen-bond donors (Lipinski definition) is 0. The van der Waals surface area contributed by atoms with Crippen LogP contribution in [0, 0.1) is 11.8 Å². The molecule has 0 radical (unpaired) electrons. The number of rotatable bonds is 2. The normalized spacial score (nSPS) is 32.4. The number of carbonyl (C=O) groups is 2. The van der Waals surface area contributed by atoms with Crippen LogP contribution in [0.2, 0.25) is 0 Å². The maximum Gasteiger partial charge on any atom is 0.229 e. The molecule has 1 aromatic heterocycles. The lowest BCUT2D eigenvalue weighted by atomic mass is 10.0. The predicted molar refractivity (Wildman–Crippen MR) is 75.4 cm³/mol. The van der Waals surface area contributed by atoms with Gasteiger partial charge in [0.1, 0.15) is 0 Å². The topological polar surface area (TPSA) is 53.5 Å². The Bertz CT molecular complexity index is 545. The Morgan fingerprint density at radius 3 is 2.90 bits per heavy atom. The van der Waals surface area contributed by atoms with Crippen molar-refractivity contribution in [2.24, 2.45) is 11.8 Å². The van der Waals surface area contributed by atoms with Crippen LogP contribution in [-0.2, 0) is 9.59 Å². The third-order valence-corrected chi connectivity index (χ3v) is 5.61. The first kappa shape index (κ1) is 12.3. The molecule has 2 amide bonds. The first-order chi connectivity index (χ1) is 9.72. The Labute approximate surface area is 121 Å². The molecule has 3 heterocycles. The highest BCUT2D eigenvalue weighted by Crippen LogP contribution is 2.39. The van der Waals surface area contributed by atoms with Crippen LogP contribution in [0.15, 0.2) is 11.6 Å². The van der Waals surface area contributed by atoms with E-state index in [0.29, 0.717) is 30.1 Å². The molecule has 1 saturated carbocycles. The van der Waals surface area contributed by atoms with Crippen LogP contribution in [0.5, 0.6) is 0 Å². The van der Waals surface area contributed by atoms with Gasteiger partial charge in [-0.05, 0) is 25.2 Å². The minimum Gasteiger partial charge on any atom is -0.339 e. The van der Waals surface area contributed by atoms with Crippen molar-refractivity contribution < 1.29 is 9.59 Å². The van der Waals surface area contributed by atoms with Gasteiger partial charge in [-0.3, -0.25) is 14.5 Å². The first-order valence-electron chi connectivity index (χ1n) is 7.22. The molecule has 2 saturated heterocycles. The molecule has 3 aliphatic rings. The van der Waals surface area contributed by atoms with E-state index in [4.69, 9.17) is 0 Å². The molecule has 20 heavy (non-hydrogen) atoms. The van der Waals surface area contributed by atoms with Crippen LogP contribution in [0.3, 0.4) is 0 Å². The number of hydrogen-bond acceptors (Lipinski definition) is 4. The third kappa shape index (κ3) is 1.85. The number of nitrogens with zero attached hydrogens (tertiary/aromatic N) is 3. The van der Waals surface area contributed by atoms with E-state index < -0.39 is 0 Å². The second-order valence-corrected chi connectivity index (χ2v) is 6.92. The van der Waals surface area contributed by atoms with Crippen molar-refractivity contribution in [3.8, 4) is 0 Å². The molecular weight excluding hydrogens is 274 g/mol. The van der Waals surface area contributed by atoms with Gasteiger partial charge in [0.25, 0.3) is 0 Å². The number of carbonyl (C=O) groups excluding carboxylic acids is 2. The number of thiazole rings is 1. The number of aromatic nitrogens is 1. The van der Waals surface area contributed by atoms with Crippen molar-refractivity contribution in [1.82, 2.24) is 9.88 Å². The zero-order chi connectivity index (χ0) is 13.7. The van der Waals surface area contributed by atoms with Crippen molar-refractivity contribution in [3.63, 3.8) is 0 Å². The van der Waals surface area contributed by atoms with E-state index in [1.165, 1.54) is 24.2 Å². The number of fused-ring (bicyclic) bond motifs is 2. The van der Waals surface area contributed by atoms with Crippen molar-refractivity contribution in [1.29, 1.82) is 0 Å². The molecule has 5 nitrogen and oxygen atoms in total. The van der Waals surface area contributed by atoms with Crippen molar-refractivity contribution in [2.45, 2.75) is 31.7 Å². The second kappa shape index (κ2) is 4.55. The average molecular weight is 291 g/mol. The Balaban J connectivity index is 1.48. The average Bonchev–Trinajstić information content (AvgIpc) is 3.21. The summed E-state index contributed by atoms with van der Waals surface area (Å²) in [5.41, 5.74) is 0. The summed E-state index contributed by atoms with van der Waals surface area (Å²) in [6.45, 7) is 1.41. The zero-order valence-corrected chi connectivity index (χ0v) is 12.0. The van der Waals surface area contributed by atoms with Gasteiger partial charge in [-0.2, -0.15) is 0 Å². The van der Waals surface area contributed by atoms with E-state index in [-0.39, 0.29) is 17.7 Å². The minimum absolute atomic E-state index is 0.0302. The molecule has 3 fully saturated rings. The van der Waals surface area contributed by atoms with E-state index >= 15 is 0 Å². The minimum atomic E-state index is -0.175. The lowest BCUT2D eigenvalue weighted by molar-refractivity contribution is -0.137. The molecule has 4 rings (SSSR count). The number of amides is 2. The van der Waals surface area contributed by atoms with E-state index in [9.17, 15) is 9.59 Å². The SMILES string of the molecule is O=C1CC(C(=O)N2CC3CCC2C3)CN1c1nccs1. The van der Waals surface area contributed by atoms with Gasteiger partial charge in [0, 0.05) is 37.1 Å². The van der Waals surface area contributed by atoms with Crippen LogP contribution < -0.4 is 4.90 Å². The quantitative estimate of drug-likeness (QED) is 0.830. The Hall–Kier alpha value is -1.43. The fraction of sp³-hybridized carbons (Fsp3) is 0.643. The van der Waals surface area contributed by atoms with Crippen molar-refractivity contribution in [2.75, 3.05) is 18.0 Å². The summed E-state index contributed by atoms with van der Waals surface area (Å²) in [5, 5.41) is 2.57. The predicted octanol–water partition coefficient (Wildman–Crippen LogP) is 1.51. The summed E-state index contributed by atoms with van der Waals surface area (Å²) >= 11 is 1.45. The molecule has 3 unspecified atom stereocenters. The van der Waals surface area contributed by atoms with Crippen LogP contribution in [0.4, 0.5) is 5.13 Å². The summed E-state index contributed by atoms with van der Waals surface area (Å²) < 4.78 is 0. The number of piperidine rings is 1. The number of anilines is 1. The van der Waals surface area contributed by atoms with Gasteiger partial charge in [0.05, 0.1) is 5.92 Å². The summed E-state index contributed by atoms with van der Waals surface area (Å²) in [5.74, 6) is 0.745. The zero-order valence-electron chi connectivity index (χ0n) is 11.2. The molecule has 6 heteroatoms. The largest absolute Gasteiger partial charge is 0.339 e. The lowest BCUT2D eigenvalue weighted by Crippen LogP contribution is -2.42. The lowest BCUT2D eigenvalue weighted by Gasteiger charge is -2.29. The van der Waals surface area contributed by atoms with Gasteiger partial charge < -0.3 is 4.90 Å². The molecule has 1 aliphatic carbocycles. The fourth-order valence-electron chi connectivity index (χ4n) is 3.84. The molecule has 2 aliphatic heterocycles. The van der Waals surface area contributed by atoms with Crippen LogP contribution in [0.1, 0.15) is 25.7 Å². The van der Waals surface area contributed by atoms with Crippen LogP contribution in [-0.4, -0.2) is 40.8 Å². The molecule has 0 N–H and O–H groups in total. The fourth-order valence-corrected chi connectivity index (χ4v) is 4.50. The molecule has 0 aromatic carbocycles. The molecule has 1 aromatic rings. The van der Waals surface area contributed by atoms with Gasteiger partial charge in [-0.1, -0.05) is 0 Å². The van der Waals surface area contributed by atoms with E-state index in [0.717, 1.165) is 13.0 Å². The molecule has 106 valence electrons. The summed E-state index contributed by atoms with van der Waals surface area (Å²) in [6.07, 6.45) is 5.62. The summed E-state index contributed by atoms with van der Waals surface area (Å²) in [4.78, 5) is 32.6. The standard InChI is InChI=1S/C14H17N3O2S/c18-12-6-10(8-17(12)14-15-3-4-20-14)13(19)16-7-9-1-2-11(16)5-9/h3-4,9-11H,1-2,5-8H2. The smallest absolute Gasteiger partial charge is 0.229 e. The highest BCUT2D eigenvalue weighted by molar-refractivity contribution is 7.13. The van der Waals surface area contributed by atoms with Crippen molar-refractivity contribution >= 4 is 28.3 Å². The highest BCUT2D eigenvalue weighted by Gasteiger charge is 2.45. The first-order valence-corrected chi connectivity index (χ1v) is 8.10. The Morgan fingerprint density at radius 1 is 1.35 bits per heavy atom. The maximum absolute atomic E-state index is 12.6. The summed E-state index contributed by atoms with van der Waals surface area (Å²) in [6, 6.07) is 0.441. The van der Waals surface area contributed by atoms with Gasteiger partial charge >= 0.3 is 0 Å². The number of likely N-dealkylation sites (tertiary alicyclic amines) is 1. The Morgan fingerprint density at radius 2 is 2.25 bits per heavy atom. The molecule has 2 bridgehead atoms. The van der Waals surface area contributed by atoms with Crippen molar-refractivity contribution in [3.05, 3.63) is 11.6 Å².